The van der Waals surface area contributed by atoms with E-state index in [-0.39, 0.29) is 11.4 Å². The van der Waals surface area contributed by atoms with E-state index in [0.29, 0.717) is 17.2 Å². The van der Waals surface area contributed by atoms with Crippen molar-refractivity contribution in [2.45, 2.75) is 13.8 Å². The molecule has 0 aromatic heterocycles. The second-order valence-electron chi connectivity index (χ2n) is 5.10. The van der Waals surface area contributed by atoms with Crippen LogP contribution in [0.25, 0.3) is 0 Å². The summed E-state index contributed by atoms with van der Waals surface area (Å²) in [6, 6.07) is 0. The smallest absolute Gasteiger partial charge is 0.399 e. The molecule has 158 valence electrons. The highest BCUT2D eigenvalue weighted by Gasteiger charge is 2.22. The van der Waals surface area contributed by atoms with E-state index in [9.17, 15) is 14.4 Å². The fraction of sp³-hybridized carbons (Fsp3) is 0.571. The first kappa shape index (κ1) is 25.5. The minimum atomic E-state index is -0.942. The zero-order chi connectivity index (χ0) is 21.9. The monoisotopic (exact) mass is 436 g/mol. The molecule has 0 aliphatic rings. The van der Waals surface area contributed by atoms with Gasteiger partial charge in [-0.05, 0) is 20.1 Å². The van der Waals surface area contributed by atoms with Gasteiger partial charge in [-0.3, -0.25) is 14.5 Å². The van der Waals surface area contributed by atoms with Gasteiger partial charge >= 0.3 is 12.2 Å². The van der Waals surface area contributed by atoms with Crippen LogP contribution < -0.4 is 0 Å². The Labute approximate surface area is 172 Å². The molecule has 0 N–H and O–H groups in total. The molecule has 0 rings (SSSR count). The molecule has 0 aliphatic carbocycles. The summed E-state index contributed by atoms with van der Waals surface area (Å²) >= 11 is 2.00. The van der Waals surface area contributed by atoms with Crippen molar-refractivity contribution in [1.29, 1.82) is 0 Å². The fourth-order valence-corrected chi connectivity index (χ4v) is 1.92. The average molecular weight is 437 g/mol. The van der Waals surface area contributed by atoms with E-state index in [1.54, 1.807) is 13.2 Å². The van der Waals surface area contributed by atoms with E-state index in [1.165, 1.54) is 58.9 Å². The molecule has 28 heavy (non-hydrogen) atoms. The predicted octanol–water partition coefficient (Wildman–Crippen LogP) is 1.85. The molecular weight excluding hydrogens is 412 g/mol. The van der Waals surface area contributed by atoms with Crippen LogP contribution in [-0.4, -0.2) is 89.6 Å². The lowest BCUT2D eigenvalue weighted by atomic mass is 10.2. The third kappa shape index (κ3) is 8.94. The van der Waals surface area contributed by atoms with Crippen molar-refractivity contribution in [3.05, 3.63) is 0 Å². The fourth-order valence-electron chi connectivity index (χ4n) is 1.24. The number of hydrogen-bond donors (Lipinski definition) is 0. The molecule has 0 atom stereocenters. The Hall–Kier alpha value is -2.48. The van der Waals surface area contributed by atoms with Gasteiger partial charge < -0.3 is 9.74 Å². The number of nitrogens with zero attached hydrogens (tertiary/aromatic N) is 6. The molecule has 0 fully saturated rings. The molecule has 0 saturated carbocycles. The molecular formula is C14H24N6O6S2. The Kier molecular flexibility index (Phi) is 11.7. The first-order valence-corrected chi connectivity index (χ1v) is 9.54. The molecule has 0 saturated heterocycles. The van der Waals surface area contributed by atoms with Crippen LogP contribution in [0.4, 0.5) is 9.59 Å². The van der Waals surface area contributed by atoms with Gasteiger partial charge in [-0.1, -0.05) is 15.5 Å². The number of oxime groups is 3. The van der Waals surface area contributed by atoms with Gasteiger partial charge in [0.1, 0.15) is 17.9 Å². The van der Waals surface area contributed by atoms with Crippen LogP contribution in [0.15, 0.2) is 15.5 Å². The first-order chi connectivity index (χ1) is 13.0. The largest absolute Gasteiger partial charge is 0.447 e. The molecule has 14 heteroatoms. The molecule has 0 radical (unpaired) electrons. The zero-order valence-electron chi connectivity index (χ0n) is 16.9. The van der Waals surface area contributed by atoms with E-state index in [1.807, 2.05) is 0 Å². The summed E-state index contributed by atoms with van der Waals surface area (Å²) in [5.41, 5.74) is -0.0970. The molecule has 12 nitrogen and oxygen atoms in total. The van der Waals surface area contributed by atoms with Gasteiger partial charge in [0.2, 0.25) is 0 Å². The number of carbonyl (C=O) groups is 3. The van der Waals surface area contributed by atoms with Crippen LogP contribution in [0.2, 0.25) is 0 Å². The van der Waals surface area contributed by atoms with E-state index < -0.39 is 18.1 Å². The van der Waals surface area contributed by atoms with Gasteiger partial charge in [0.25, 0.3) is 5.91 Å². The van der Waals surface area contributed by atoms with Crippen molar-refractivity contribution in [3.63, 3.8) is 0 Å². The van der Waals surface area contributed by atoms with Gasteiger partial charge in [-0.2, -0.15) is 0 Å². The van der Waals surface area contributed by atoms with Crippen molar-refractivity contribution >= 4 is 58.5 Å². The van der Waals surface area contributed by atoms with Gasteiger partial charge in [0, 0.05) is 28.2 Å². The quantitative estimate of drug-likeness (QED) is 0.195. The molecule has 0 bridgehead atoms. The maximum atomic E-state index is 12.1. The topological polar surface area (TPSA) is 126 Å². The molecule has 0 spiro atoms. The summed E-state index contributed by atoms with van der Waals surface area (Å²) in [6.45, 7) is 3.14. The molecule has 0 heterocycles. The number of carbonyl (C=O) groups excluding carboxylic acids is 3. The Morgan fingerprint density at radius 2 is 1.36 bits per heavy atom. The minimum absolute atomic E-state index is 0.118. The van der Waals surface area contributed by atoms with Crippen LogP contribution in [-0.2, 0) is 19.3 Å². The maximum absolute atomic E-state index is 12.1. The normalized spacial score (nSPS) is 12.2. The Balaban J connectivity index is 5.02. The van der Waals surface area contributed by atoms with Gasteiger partial charge in [0.05, 0.1) is 12.1 Å². The number of rotatable bonds is 7. The van der Waals surface area contributed by atoms with Crippen molar-refractivity contribution in [2.24, 2.45) is 15.5 Å². The van der Waals surface area contributed by atoms with Crippen LogP contribution >= 0.6 is 23.9 Å². The first-order valence-electron chi connectivity index (χ1n) is 7.58. The van der Waals surface area contributed by atoms with Crippen molar-refractivity contribution < 1.29 is 28.9 Å². The Bertz CT molecular complexity index is 667. The van der Waals surface area contributed by atoms with Crippen LogP contribution in [0.1, 0.15) is 13.8 Å². The Morgan fingerprint density at radius 3 is 1.79 bits per heavy atom. The SMILES string of the molecule is CO/N=C(C)/C(=N/OC(=O)N(C)SN(C)C(=O)O/N=C(\C)SC)C(=O)N(C)C. The lowest BCUT2D eigenvalue weighted by Gasteiger charge is -2.19. The predicted molar refractivity (Wildman–Crippen MR) is 109 cm³/mol. The summed E-state index contributed by atoms with van der Waals surface area (Å²) in [5, 5.41) is 11.3. The van der Waals surface area contributed by atoms with Gasteiger partial charge in [0.15, 0.2) is 5.71 Å². The van der Waals surface area contributed by atoms with E-state index in [2.05, 4.69) is 20.3 Å². The number of thioether (sulfide) groups is 1. The second kappa shape index (κ2) is 12.8. The lowest BCUT2D eigenvalue weighted by Crippen LogP contribution is -2.35. The zero-order valence-corrected chi connectivity index (χ0v) is 18.6. The highest BCUT2D eigenvalue weighted by Crippen LogP contribution is 2.15. The summed E-state index contributed by atoms with van der Waals surface area (Å²) in [7, 11) is 7.02. The Morgan fingerprint density at radius 1 is 0.857 bits per heavy atom. The minimum Gasteiger partial charge on any atom is -0.399 e. The average Bonchev–Trinajstić information content (AvgIpc) is 2.65. The van der Waals surface area contributed by atoms with Crippen LogP contribution in [0.3, 0.4) is 0 Å². The highest BCUT2D eigenvalue weighted by atomic mass is 32.2. The highest BCUT2D eigenvalue weighted by molar-refractivity contribution is 8.13. The maximum Gasteiger partial charge on any atom is 0.447 e. The van der Waals surface area contributed by atoms with Crippen LogP contribution in [0.5, 0.6) is 0 Å². The number of amides is 3. The van der Waals surface area contributed by atoms with E-state index >= 15 is 0 Å². The molecule has 0 unspecified atom stereocenters. The standard InChI is InChI=1S/C14H24N6O6S2/c1-9(15-24-7)11(12(21)18(3)4)17-26-14(23)20(6)28-19(5)13(22)25-16-10(2)27-8/h1-8H3/b15-9+,16-10+,17-11-. The third-order valence-corrected chi connectivity index (χ3v) is 4.15. The van der Waals surface area contributed by atoms with Crippen molar-refractivity contribution in [1.82, 2.24) is 13.5 Å². The van der Waals surface area contributed by atoms with Crippen LogP contribution in [0, 0.1) is 0 Å². The third-order valence-electron chi connectivity index (χ3n) is 2.70. The molecule has 0 aliphatic heterocycles. The summed E-state index contributed by atoms with van der Waals surface area (Å²) in [6.07, 6.45) is 0.0416. The van der Waals surface area contributed by atoms with Gasteiger partial charge in [-0.15, -0.1) is 11.8 Å². The second-order valence-corrected chi connectivity index (χ2v) is 7.36. The lowest BCUT2D eigenvalue weighted by molar-refractivity contribution is -0.121. The van der Waals surface area contributed by atoms with Crippen molar-refractivity contribution in [3.8, 4) is 0 Å². The van der Waals surface area contributed by atoms with E-state index in [4.69, 9.17) is 9.68 Å². The summed E-state index contributed by atoms with van der Waals surface area (Å²) < 4.78 is 1.99. The van der Waals surface area contributed by atoms with E-state index in [0.717, 1.165) is 8.61 Å². The number of hydrogen-bond acceptors (Lipinski definition) is 11. The van der Waals surface area contributed by atoms with Crippen molar-refractivity contribution in [2.75, 3.05) is 41.6 Å². The molecule has 0 aromatic carbocycles. The summed E-state index contributed by atoms with van der Waals surface area (Å²) in [4.78, 5) is 51.3. The summed E-state index contributed by atoms with van der Waals surface area (Å²) in [5.74, 6) is -0.538. The molecule has 3 amide bonds. The van der Waals surface area contributed by atoms with Gasteiger partial charge in [-0.25, -0.2) is 18.2 Å². The molecule has 0 aromatic rings.